The molecule has 1 aromatic heterocycles. The number of anilines is 1. The van der Waals surface area contributed by atoms with Crippen LogP contribution in [0.1, 0.15) is 24.2 Å². The Bertz CT molecular complexity index is 794. The summed E-state index contributed by atoms with van der Waals surface area (Å²) in [5.74, 6) is 0.0959. The number of carbonyl (C=O) groups is 1. The van der Waals surface area contributed by atoms with Gasteiger partial charge in [0.05, 0.1) is 4.90 Å². The third kappa shape index (κ3) is 3.77. The van der Waals surface area contributed by atoms with E-state index in [1.54, 1.807) is 37.8 Å². The van der Waals surface area contributed by atoms with Crippen LogP contribution >= 0.6 is 0 Å². The van der Waals surface area contributed by atoms with Crippen molar-refractivity contribution in [1.29, 1.82) is 0 Å². The van der Waals surface area contributed by atoms with E-state index < -0.39 is 10.0 Å². The van der Waals surface area contributed by atoms with Gasteiger partial charge >= 0.3 is 0 Å². The molecule has 0 aliphatic rings. The van der Waals surface area contributed by atoms with Crippen molar-refractivity contribution in [2.75, 3.05) is 12.4 Å². The molecule has 0 aliphatic heterocycles. The second-order valence-corrected chi connectivity index (χ2v) is 7.47. The molecule has 0 bridgehead atoms. The molecule has 0 saturated carbocycles. The van der Waals surface area contributed by atoms with E-state index >= 15 is 0 Å². The number of aromatic nitrogens is 2. The SMILES string of the molecule is CC(C)N(C)S(=O)(=O)c1ccc(C(=O)Nc2ccn(C)n2)cc1. The monoisotopic (exact) mass is 336 g/mol. The number of hydrogen-bond donors (Lipinski definition) is 1. The lowest BCUT2D eigenvalue weighted by Crippen LogP contribution is -2.33. The highest BCUT2D eigenvalue weighted by molar-refractivity contribution is 7.89. The number of hydrogen-bond acceptors (Lipinski definition) is 4. The minimum atomic E-state index is -3.55. The Morgan fingerprint density at radius 2 is 1.83 bits per heavy atom. The molecule has 0 aliphatic carbocycles. The van der Waals surface area contributed by atoms with Gasteiger partial charge in [0.2, 0.25) is 10.0 Å². The molecule has 8 heteroatoms. The van der Waals surface area contributed by atoms with Crippen LogP contribution < -0.4 is 5.32 Å². The average Bonchev–Trinajstić information content (AvgIpc) is 2.91. The molecular formula is C15H20N4O3S. The Morgan fingerprint density at radius 3 is 2.30 bits per heavy atom. The summed E-state index contributed by atoms with van der Waals surface area (Å²) < 4.78 is 27.6. The molecule has 0 fully saturated rings. The molecule has 1 aromatic carbocycles. The molecule has 0 atom stereocenters. The van der Waals surface area contributed by atoms with Crippen molar-refractivity contribution in [2.24, 2.45) is 7.05 Å². The van der Waals surface area contributed by atoms with Gasteiger partial charge in [-0.15, -0.1) is 0 Å². The van der Waals surface area contributed by atoms with Crippen LogP contribution in [-0.4, -0.2) is 41.5 Å². The summed E-state index contributed by atoms with van der Waals surface area (Å²) in [5, 5.41) is 6.71. The molecule has 7 nitrogen and oxygen atoms in total. The molecule has 0 radical (unpaired) electrons. The van der Waals surface area contributed by atoms with Gasteiger partial charge in [0.25, 0.3) is 5.91 Å². The molecule has 1 amide bonds. The zero-order valence-electron chi connectivity index (χ0n) is 13.5. The molecule has 0 spiro atoms. The molecule has 0 saturated heterocycles. The standard InChI is InChI=1S/C15H20N4O3S/c1-11(2)19(4)23(21,22)13-7-5-12(6-8-13)15(20)16-14-9-10-18(3)17-14/h5-11H,1-4H3,(H,16,17,20). The van der Waals surface area contributed by atoms with Crippen LogP contribution in [-0.2, 0) is 17.1 Å². The first-order chi connectivity index (χ1) is 10.7. The van der Waals surface area contributed by atoms with E-state index in [0.29, 0.717) is 11.4 Å². The number of sulfonamides is 1. The summed E-state index contributed by atoms with van der Waals surface area (Å²) in [6.45, 7) is 3.60. The smallest absolute Gasteiger partial charge is 0.256 e. The first-order valence-corrected chi connectivity index (χ1v) is 8.55. The number of rotatable bonds is 5. The van der Waals surface area contributed by atoms with Crippen LogP contribution in [0.2, 0.25) is 0 Å². The van der Waals surface area contributed by atoms with E-state index in [4.69, 9.17) is 0 Å². The van der Waals surface area contributed by atoms with Gasteiger partial charge in [-0.05, 0) is 38.1 Å². The number of benzene rings is 1. The third-order valence-electron chi connectivity index (χ3n) is 3.48. The summed E-state index contributed by atoms with van der Waals surface area (Å²) in [5.41, 5.74) is 0.363. The van der Waals surface area contributed by atoms with Crippen LogP contribution in [0.4, 0.5) is 5.82 Å². The summed E-state index contributed by atoms with van der Waals surface area (Å²) in [6.07, 6.45) is 1.72. The molecule has 1 heterocycles. The van der Waals surface area contributed by atoms with E-state index in [1.165, 1.54) is 35.6 Å². The van der Waals surface area contributed by atoms with Gasteiger partial charge in [-0.25, -0.2) is 8.42 Å². The highest BCUT2D eigenvalue weighted by Gasteiger charge is 2.23. The second-order valence-electron chi connectivity index (χ2n) is 5.47. The number of nitrogens with one attached hydrogen (secondary N) is 1. The first-order valence-electron chi connectivity index (χ1n) is 7.11. The Kier molecular flexibility index (Phi) is 4.86. The molecule has 124 valence electrons. The van der Waals surface area contributed by atoms with Gasteiger partial charge < -0.3 is 5.32 Å². The van der Waals surface area contributed by atoms with E-state index in [0.717, 1.165) is 0 Å². The first kappa shape index (κ1) is 17.2. The number of nitrogens with zero attached hydrogens (tertiary/aromatic N) is 3. The van der Waals surface area contributed by atoms with Crippen LogP contribution in [0.3, 0.4) is 0 Å². The van der Waals surface area contributed by atoms with Crippen molar-refractivity contribution >= 4 is 21.7 Å². The van der Waals surface area contributed by atoms with E-state index in [1.807, 2.05) is 0 Å². The van der Waals surface area contributed by atoms with Crippen molar-refractivity contribution in [1.82, 2.24) is 14.1 Å². The second kappa shape index (κ2) is 6.51. The van der Waals surface area contributed by atoms with E-state index in [2.05, 4.69) is 10.4 Å². The fourth-order valence-electron chi connectivity index (χ4n) is 1.89. The van der Waals surface area contributed by atoms with E-state index in [9.17, 15) is 13.2 Å². The maximum absolute atomic E-state index is 12.4. The fraction of sp³-hybridized carbons (Fsp3) is 0.333. The summed E-state index contributed by atoms with van der Waals surface area (Å²) in [4.78, 5) is 12.3. The highest BCUT2D eigenvalue weighted by Crippen LogP contribution is 2.17. The molecular weight excluding hydrogens is 316 g/mol. The lowest BCUT2D eigenvalue weighted by atomic mass is 10.2. The van der Waals surface area contributed by atoms with Gasteiger partial charge in [-0.3, -0.25) is 9.48 Å². The summed E-state index contributed by atoms with van der Waals surface area (Å²) >= 11 is 0. The van der Waals surface area contributed by atoms with Crippen molar-refractivity contribution in [2.45, 2.75) is 24.8 Å². The van der Waals surface area contributed by atoms with Crippen molar-refractivity contribution in [3.63, 3.8) is 0 Å². The minimum Gasteiger partial charge on any atom is -0.305 e. The van der Waals surface area contributed by atoms with Crippen LogP contribution in [0.25, 0.3) is 0 Å². The molecule has 1 N–H and O–H groups in total. The maximum Gasteiger partial charge on any atom is 0.256 e. The normalized spacial score (nSPS) is 11.9. The summed E-state index contributed by atoms with van der Waals surface area (Å²) in [7, 11) is -0.270. The van der Waals surface area contributed by atoms with E-state index in [-0.39, 0.29) is 16.8 Å². The van der Waals surface area contributed by atoms with Gasteiger partial charge in [-0.1, -0.05) is 0 Å². The van der Waals surface area contributed by atoms with Crippen molar-refractivity contribution in [3.8, 4) is 0 Å². The van der Waals surface area contributed by atoms with Crippen LogP contribution in [0.15, 0.2) is 41.4 Å². The maximum atomic E-state index is 12.4. The quantitative estimate of drug-likeness (QED) is 0.901. The van der Waals surface area contributed by atoms with Gasteiger partial charge in [0, 0.05) is 38.0 Å². The number of aryl methyl sites for hydroxylation is 1. The predicted molar refractivity (Wildman–Crippen MR) is 87.7 cm³/mol. The third-order valence-corrected chi connectivity index (χ3v) is 5.52. The van der Waals surface area contributed by atoms with Gasteiger partial charge in [0.1, 0.15) is 0 Å². The Hall–Kier alpha value is -2.19. The zero-order chi connectivity index (χ0) is 17.2. The molecule has 2 rings (SSSR count). The Labute approximate surface area is 136 Å². The summed E-state index contributed by atoms with van der Waals surface area (Å²) in [6, 6.07) is 7.36. The molecule has 23 heavy (non-hydrogen) atoms. The lowest BCUT2D eigenvalue weighted by Gasteiger charge is -2.21. The average molecular weight is 336 g/mol. The Balaban J connectivity index is 2.17. The van der Waals surface area contributed by atoms with Crippen molar-refractivity contribution in [3.05, 3.63) is 42.1 Å². The minimum absolute atomic E-state index is 0.146. The topological polar surface area (TPSA) is 84.3 Å². The fourth-order valence-corrected chi connectivity index (χ4v) is 3.26. The Morgan fingerprint density at radius 1 is 1.22 bits per heavy atom. The molecule has 2 aromatic rings. The molecule has 0 unspecified atom stereocenters. The van der Waals surface area contributed by atoms with Gasteiger partial charge in [0.15, 0.2) is 5.82 Å². The lowest BCUT2D eigenvalue weighted by molar-refractivity contribution is 0.102. The largest absolute Gasteiger partial charge is 0.305 e. The number of amides is 1. The highest BCUT2D eigenvalue weighted by atomic mass is 32.2. The zero-order valence-corrected chi connectivity index (χ0v) is 14.3. The predicted octanol–water partition coefficient (Wildman–Crippen LogP) is 1.70. The van der Waals surface area contributed by atoms with Crippen LogP contribution in [0.5, 0.6) is 0 Å². The number of carbonyl (C=O) groups excluding carboxylic acids is 1. The van der Waals surface area contributed by atoms with Crippen LogP contribution in [0, 0.1) is 0 Å². The van der Waals surface area contributed by atoms with Crippen molar-refractivity contribution < 1.29 is 13.2 Å². The van der Waals surface area contributed by atoms with Gasteiger partial charge in [-0.2, -0.15) is 9.40 Å².